The van der Waals surface area contributed by atoms with E-state index in [1.807, 2.05) is 11.3 Å². The van der Waals surface area contributed by atoms with Gasteiger partial charge in [0.15, 0.2) is 0 Å². The Bertz CT molecular complexity index is 550. The van der Waals surface area contributed by atoms with Crippen LogP contribution in [0.1, 0.15) is 40.8 Å². The van der Waals surface area contributed by atoms with Crippen LogP contribution in [0.2, 0.25) is 0 Å². The molecule has 102 valence electrons. The highest BCUT2D eigenvalue weighted by atomic mass is 32.1. The Morgan fingerprint density at radius 3 is 2.37 bits per heavy atom. The van der Waals surface area contributed by atoms with Crippen molar-refractivity contribution in [2.24, 2.45) is 5.73 Å². The molecule has 2 N–H and O–H groups in total. The molecule has 0 aliphatic heterocycles. The quantitative estimate of drug-likeness (QED) is 0.913. The topological polar surface area (TPSA) is 38.9 Å². The van der Waals surface area contributed by atoms with Crippen molar-refractivity contribution in [2.75, 3.05) is 6.54 Å². The largest absolute Gasteiger partial charge is 0.330 e. The lowest BCUT2D eigenvalue weighted by molar-refractivity contribution is 0.886. The predicted octanol–water partition coefficient (Wildman–Crippen LogP) is 4.05. The standard InChI is InChI=1S/C16H22N2S/c1-10(2)16-15(18-13(19-16)8-9-17)14-11(3)6-5-7-12(14)4/h5-7,10H,8-9,17H2,1-4H3. The first-order valence-electron chi connectivity index (χ1n) is 6.80. The zero-order chi connectivity index (χ0) is 14.0. The highest BCUT2D eigenvalue weighted by Gasteiger charge is 2.18. The Hall–Kier alpha value is -1.19. The minimum Gasteiger partial charge on any atom is -0.330 e. The van der Waals surface area contributed by atoms with E-state index in [1.54, 1.807) is 0 Å². The second kappa shape index (κ2) is 5.85. The van der Waals surface area contributed by atoms with E-state index in [9.17, 15) is 0 Å². The normalized spacial score (nSPS) is 11.3. The van der Waals surface area contributed by atoms with Crippen molar-refractivity contribution in [1.82, 2.24) is 4.98 Å². The summed E-state index contributed by atoms with van der Waals surface area (Å²) >= 11 is 1.81. The molecule has 0 spiro atoms. The first kappa shape index (κ1) is 14.2. The molecule has 2 rings (SSSR count). The molecule has 2 aromatic rings. The highest BCUT2D eigenvalue weighted by Crippen LogP contribution is 2.37. The highest BCUT2D eigenvalue weighted by molar-refractivity contribution is 7.12. The van der Waals surface area contributed by atoms with E-state index in [0.29, 0.717) is 12.5 Å². The van der Waals surface area contributed by atoms with Crippen molar-refractivity contribution < 1.29 is 0 Å². The van der Waals surface area contributed by atoms with E-state index in [0.717, 1.165) is 11.4 Å². The lowest BCUT2D eigenvalue weighted by Crippen LogP contribution is -2.02. The maximum atomic E-state index is 5.66. The van der Waals surface area contributed by atoms with Crippen LogP contribution < -0.4 is 5.73 Å². The van der Waals surface area contributed by atoms with Crippen molar-refractivity contribution in [3.8, 4) is 11.3 Å². The van der Waals surface area contributed by atoms with Gasteiger partial charge in [0.05, 0.1) is 10.7 Å². The summed E-state index contributed by atoms with van der Waals surface area (Å²) < 4.78 is 0. The van der Waals surface area contributed by atoms with Gasteiger partial charge in [0.2, 0.25) is 0 Å². The van der Waals surface area contributed by atoms with Crippen LogP contribution in [0.4, 0.5) is 0 Å². The predicted molar refractivity (Wildman–Crippen MR) is 83.9 cm³/mol. The Labute approximate surface area is 119 Å². The molecule has 0 fully saturated rings. The molecular formula is C16H22N2S. The van der Waals surface area contributed by atoms with Crippen LogP contribution in [-0.4, -0.2) is 11.5 Å². The van der Waals surface area contributed by atoms with E-state index in [-0.39, 0.29) is 0 Å². The lowest BCUT2D eigenvalue weighted by Gasteiger charge is -2.11. The van der Waals surface area contributed by atoms with Crippen LogP contribution in [0.15, 0.2) is 18.2 Å². The zero-order valence-electron chi connectivity index (χ0n) is 12.2. The Kier molecular flexibility index (Phi) is 4.38. The van der Waals surface area contributed by atoms with Gasteiger partial charge in [-0.1, -0.05) is 32.0 Å². The minimum absolute atomic E-state index is 0.498. The summed E-state index contributed by atoms with van der Waals surface area (Å²) in [7, 11) is 0. The maximum absolute atomic E-state index is 5.66. The first-order valence-corrected chi connectivity index (χ1v) is 7.62. The molecule has 0 bridgehead atoms. The number of rotatable bonds is 4. The van der Waals surface area contributed by atoms with Crippen LogP contribution in [0, 0.1) is 13.8 Å². The number of hydrogen-bond donors (Lipinski definition) is 1. The van der Waals surface area contributed by atoms with Crippen molar-refractivity contribution in [2.45, 2.75) is 40.0 Å². The molecule has 19 heavy (non-hydrogen) atoms. The number of benzene rings is 1. The Morgan fingerprint density at radius 1 is 1.21 bits per heavy atom. The number of aromatic nitrogens is 1. The molecule has 1 aromatic heterocycles. The fourth-order valence-corrected chi connectivity index (χ4v) is 3.46. The van der Waals surface area contributed by atoms with E-state index in [4.69, 9.17) is 10.7 Å². The molecular weight excluding hydrogens is 252 g/mol. The van der Waals surface area contributed by atoms with Crippen LogP contribution in [0.25, 0.3) is 11.3 Å². The van der Waals surface area contributed by atoms with Gasteiger partial charge in [-0.2, -0.15) is 0 Å². The molecule has 0 aliphatic carbocycles. The Balaban J connectivity index is 2.60. The zero-order valence-corrected chi connectivity index (χ0v) is 13.0. The number of thiazole rings is 1. The molecule has 0 amide bonds. The third-order valence-electron chi connectivity index (χ3n) is 3.30. The average Bonchev–Trinajstić information content (AvgIpc) is 2.73. The summed E-state index contributed by atoms with van der Waals surface area (Å²) in [6.45, 7) is 9.45. The smallest absolute Gasteiger partial charge is 0.0948 e. The summed E-state index contributed by atoms with van der Waals surface area (Å²) in [5, 5.41) is 1.16. The average molecular weight is 274 g/mol. The summed E-state index contributed by atoms with van der Waals surface area (Å²) in [5.41, 5.74) is 10.7. The van der Waals surface area contributed by atoms with Gasteiger partial charge in [-0.05, 0) is 37.4 Å². The molecule has 0 saturated heterocycles. The van der Waals surface area contributed by atoms with Crippen molar-refractivity contribution in [3.63, 3.8) is 0 Å². The Morgan fingerprint density at radius 2 is 1.84 bits per heavy atom. The number of hydrogen-bond acceptors (Lipinski definition) is 3. The fourth-order valence-electron chi connectivity index (χ4n) is 2.37. The first-order chi connectivity index (χ1) is 9.04. The number of aryl methyl sites for hydroxylation is 2. The molecule has 0 aliphatic rings. The van der Waals surface area contributed by atoms with E-state index < -0.39 is 0 Å². The van der Waals surface area contributed by atoms with Crippen molar-refractivity contribution in [3.05, 3.63) is 39.2 Å². The van der Waals surface area contributed by atoms with Crippen LogP contribution in [0.5, 0.6) is 0 Å². The SMILES string of the molecule is Cc1cccc(C)c1-c1nc(CCN)sc1C(C)C. The maximum Gasteiger partial charge on any atom is 0.0948 e. The summed E-state index contributed by atoms with van der Waals surface area (Å²) in [6.07, 6.45) is 0.870. The van der Waals surface area contributed by atoms with Gasteiger partial charge in [-0.15, -0.1) is 11.3 Å². The fraction of sp³-hybridized carbons (Fsp3) is 0.438. The van der Waals surface area contributed by atoms with E-state index in [1.165, 1.54) is 27.3 Å². The molecule has 0 unspecified atom stereocenters. The molecule has 3 heteroatoms. The monoisotopic (exact) mass is 274 g/mol. The lowest BCUT2D eigenvalue weighted by atomic mass is 9.97. The molecule has 2 nitrogen and oxygen atoms in total. The van der Waals surface area contributed by atoms with E-state index >= 15 is 0 Å². The van der Waals surface area contributed by atoms with Gasteiger partial charge in [0.1, 0.15) is 0 Å². The van der Waals surface area contributed by atoms with Crippen LogP contribution in [-0.2, 0) is 6.42 Å². The molecule has 1 heterocycles. The summed E-state index contributed by atoms with van der Waals surface area (Å²) in [5.74, 6) is 0.498. The summed E-state index contributed by atoms with van der Waals surface area (Å²) in [6, 6.07) is 6.43. The van der Waals surface area contributed by atoms with Gasteiger partial charge < -0.3 is 5.73 Å². The summed E-state index contributed by atoms with van der Waals surface area (Å²) in [4.78, 5) is 6.23. The second-order valence-corrected chi connectivity index (χ2v) is 6.40. The van der Waals surface area contributed by atoms with Crippen molar-refractivity contribution >= 4 is 11.3 Å². The van der Waals surface area contributed by atoms with Gasteiger partial charge in [0, 0.05) is 16.9 Å². The number of nitrogens with zero attached hydrogens (tertiary/aromatic N) is 1. The minimum atomic E-state index is 0.498. The third kappa shape index (κ3) is 2.88. The third-order valence-corrected chi connectivity index (χ3v) is 4.71. The van der Waals surface area contributed by atoms with Crippen LogP contribution >= 0.6 is 11.3 Å². The molecule has 0 atom stereocenters. The molecule has 1 aromatic carbocycles. The van der Waals surface area contributed by atoms with Crippen LogP contribution in [0.3, 0.4) is 0 Å². The van der Waals surface area contributed by atoms with E-state index in [2.05, 4.69) is 45.9 Å². The van der Waals surface area contributed by atoms with Gasteiger partial charge in [-0.3, -0.25) is 0 Å². The van der Waals surface area contributed by atoms with Gasteiger partial charge in [-0.25, -0.2) is 4.98 Å². The molecule has 0 saturated carbocycles. The van der Waals surface area contributed by atoms with Gasteiger partial charge >= 0.3 is 0 Å². The number of nitrogens with two attached hydrogens (primary N) is 1. The molecule has 0 radical (unpaired) electrons. The van der Waals surface area contributed by atoms with Gasteiger partial charge in [0.25, 0.3) is 0 Å². The van der Waals surface area contributed by atoms with Crippen molar-refractivity contribution in [1.29, 1.82) is 0 Å². The second-order valence-electron chi connectivity index (χ2n) is 5.28.